The Kier molecular flexibility index (Phi) is 4.42. The van der Waals surface area contributed by atoms with Gasteiger partial charge in [0.15, 0.2) is 0 Å². The van der Waals surface area contributed by atoms with Crippen molar-refractivity contribution in [2.24, 2.45) is 19.5 Å². The summed E-state index contributed by atoms with van der Waals surface area (Å²) in [5, 5.41) is 4.67. The Labute approximate surface area is 194 Å². The van der Waals surface area contributed by atoms with E-state index in [4.69, 9.17) is 9.72 Å². The predicted octanol–water partition coefficient (Wildman–Crippen LogP) is 3.99. The van der Waals surface area contributed by atoms with Crippen molar-refractivity contribution in [2.75, 3.05) is 6.61 Å². The molecule has 1 saturated heterocycles. The summed E-state index contributed by atoms with van der Waals surface area (Å²) < 4.78 is 49.9. The van der Waals surface area contributed by atoms with Crippen LogP contribution in [0, 0.1) is 12.3 Å². The predicted molar refractivity (Wildman–Crippen MR) is 117 cm³/mol. The molecule has 0 unspecified atom stereocenters. The van der Waals surface area contributed by atoms with Crippen LogP contribution in [0.3, 0.4) is 0 Å². The zero-order valence-electron chi connectivity index (χ0n) is 19.3. The molecule has 3 saturated carbocycles. The Morgan fingerprint density at radius 1 is 1.18 bits per heavy atom. The first-order chi connectivity index (χ1) is 16.0. The summed E-state index contributed by atoms with van der Waals surface area (Å²) in [6.45, 7) is 2.26. The van der Waals surface area contributed by atoms with E-state index in [0.717, 1.165) is 17.7 Å². The Balaban J connectivity index is 1.43. The molecule has 0 radical (unpaired) electrons. The van der Waals surface area contributed by atoms with E-state index in [2.05, 4.69) is 10.1 Å². The third-order valence-electron chi connectivity index (χ3n) is 8.24. The van der Waals surface area contributed by atoms with Gasteiger partial charge in [0.2, 0.25) is 0 Å². The van der Waals surface area contributed by atoms with Crippen LogP contribution < -0.4 is 5.56 Å². The normalized spacial score (nSPS) is 30.8. The maximum absolute atomic E-state index is 13.6. The van der Waals surface area contributed by atoms with Crippen molar-refractivity contribution in [3.63, 3.8) is 0 Å². The average molecular weight is 473 g/mol. The first-order valence-electron chi connectivity index (χ1n) is 11.6. The molecule has 1 aliphatic heterocycles. The molecule has 10 heteroatoms. The van der Waals surface area contributed by atoms with Crippen molar-refractivity contribution in [3.8, 4) is 0 Å². The number of hydrogen-bond donors (Lipinski definition) is 0. The summed E-state index contributed by atoms with van der Waals surface area (Å²) in [7, 11) is 3.51. The number of aryl methyl sites for hydroxylation is 2. The molecule has 0 amide bonds. The lowest BCUT2D eigenvalue weighted by atomic mass is 9.34. The second-order valence-electron chi connectivity index (χ2n) is 10.4. The fraction of sp³-hybridized carbons (Fsp3) is 0.583. The lowest BCUT2D eigenvalue weighted by molar-refractivity contribution is -0.337. The van der Waals surface area contributed by atoms with Crippen molar-refractivity contribution in [2.45, 2.75) is 62.6 Å². The van der Waals surface area contributed by atoms with Crippen LogP contribution in [0.5, 0.6) is 0 Å². The van der Waals surface area contributed by atoms with Gasteiger partial charge < -0.3 is 4.74 Å². The molecule has 0 N–H and O–H groups in total. The van der Waals surface area contributed by atoms with Crippen LogP contribution in [-0.2, 0) is 24.2 Å². The van der Waals surface area contributed by atoms with Crippen molar-refractivity contribution >= 4 is 10.9 Å². The number of halogens is 3. The molecule has 3 aromatic heterocycles. The molecule has 34 heavy (non-hydrogen) atoms. The topological polar surface area (TPSA) is 74.8 Å². The largest absolute Gasteiger partial charge is 0.394 e. The highest BCUT2D eigenvalue weighted by molar-refractivity contribution is 5.82. The van der Waals surface area contributed by atoms with Crippen molar-refractivity contribution in [3.05, 3.63) is 51.6 Å². The first kappa shape index (κ1) is 21.8. The van der Waals surface area contributed by atoms with Crippen LogP contribution in [0.1, 0.15) is 66.9 Å². The molecule has 7 nitrogen and oxygen atoms in total. The summed E-state index contributed by atoms with van der Waals surface area (Å²) in [6.07, 6.45) is 0.831. The molecule has 0 spiro atoms. The highest BCUT2D eigenvalue weighted by Gasteiger charge is 2.79. The van der Waals surface area contributed by atoms with Gasteiger partial charge in [-0.15, -0.1) is 0 Å². The molecule has 3 aromatic rings. The molecular weight excluding hydrogens is 447 g/mol. The highest BCUT2D eigenvalue weighted by atomic mass is 19.4. The summed E-state index contributed by atoms with van der Waals surface area (Å²) in [5.74, 6) is 0.546. The molecule has 2 bridgehead atoms. The molecule has 4 aliphatic rings. The van der Waals surface area contributed by atoms with Gasteiger partial charge in [0.25, 0.3) is 5.56 Å². The second kappa shape index (κ2) is 6.90. The van der Waals surface area contributed by atoms with Gasteiger partial charge >= 0.3 is 6.18 Å². The third-order valence-corrected chi connectivity index (χ3v) is 8.24. The zero-order chi connectivity index (χ0) is 24.0. The first-order valence-corrected chi connectivity index (χ1v) is 11.6. The number of pyridine rings is 1. The number of ether oxygens (including phenoxy) is 1. The van der Waals surface area contributed by atoms with E-state index < -0.39 is 17.0 Å². The SMILES string of the molecule is Cc1nc2c(C34CC(C(F)(F)F)(C3)C4)nc([C@@H]3CCO[C@H](c4cnn(C)c4)C3)cc2c(=O)n1C. The number of fused-ring (bicyclic) bond motifs is 1. The minimum Gasteiger partial charge on any atom is -0.373 e. The second-order valence-corrected chi connectivity index (χ2v) is 10.4. The van der Waals surface area contributed by atoms with Crippen molar-refractivity contribution in [1.29, 1.82) is 0 Å². The molecule has 180 valence electrons. The summed E-state index contributed by atoms with van der Waals surface area (Å²) in [4.78, 5) is 22.8. The van der Waals surface area contributed by atoms with Gasteiger partial charge in [-0.1, -0.05) is 0 Å². The summed E-state index contributed by atoms with van der Waals surface area (Å²) >= 11 is 0. The van der Waals surface area contributed by atoms with Gasteiger partial charge in [-0.2, -0.15) is 18.3 Å². The van der Waals surface area contributed by atoms with Crippen molar-refractivity contribution < 1.29 is 17.9 Å². The number of nitrogens with zero attached hydrogens (tertiary/aromatic N) is 5. The van der Waals surface area contributed by atoms with E-state index in [1.807, 2.05) is 13.2 Å². The molecule has 3 aliphatic carbocycles. The Hall–Kier alpha value is -2.75. The van der Waals surface area contributed by atoms with E-state index >= 15 is 0 Å². The molecule has 4 heterocycles. The van der Waals surface area contributed by atoms with Gasteiger partial charge in [-0.3, -0.25) is 19.0 Å². The van der Waals surface area contributed by atoms with Gasteiger partial charge in [0.1, 0.15) is 5.82 Å². The van der Waals surface area contributed by atoms with Crippen molar-refractivity contribution in [1.82, 2.24) is 24.3 Å². The minimum atomic E-state index is -4.21. The van der Waals surface area contributed by atoms with Gasteiger partial charge in [0.05, 0.1) is 34.3 Å². The quantitative estimate of drug-likeness (QED) is 0.575. The van der Waals surface area contributed by atoms with Gasteiger partial charge in [-0.05, 0) is 45.1 Å². The van der Waals surface area contributed by atoms with Crippen LogP contribution in [0.15, 0.2) is 23.3 Å². The van der Waals surface area contributed by atoms with E-state index in [1.54, 1.807) is 30.9 Å². The number of rotatable bonds is 3. The Morgan fingerprint density at radius 3 is 2.56 bits per heavy atom. The molecule has 2 atom stereocenters. The fourth-order valence-electron chi connectivity index (χ4n) is 6.22. The molecule has 4 fully saturated rings. The van der Waals surface area contributed by atoms with Crippen LogP contribution >= 0.6 is 0 Å². The highest BCUT2D eigenvalue weighted by Crippen LogP contribution is 2.78. The Morgan fingerprint density at radius 2 is 1.91 bits per heavy atom. The fourth-order valence-corrected chi connectivity index (χ4v) is 6.22. The maximum atomic E-state index is 13.6. The monoisotopic (exact) mass is 473 g/mol. The maximum Gasteiger partial charge on any atom is 0.394 e. The zero-order valence-corrected chi connectivity index (χ0v) is 19.3. The van der Waals surface area contributed by atoms with E-state index in [-0.39, 0.29) is 36.8 Å². The van der Waals surface area contributed by atoms with E-state index in [1.165, 1.54) is 4.57 Å². The van der Waals surface area contributed by atoms with E-state index in [9.17, 15) is 18.0 Å². The minimum absolute atomic E-state index is 0.0249. The van der Waals surface area contributed by atoms with Crippen LogP contribution in [0.4, 0.5) is 13.2 Å². The summed E-state index contributed by atoms with van der Waals surface area (Å²) in [5.41, 5.74) is 0.299. The Bertz CT molecular complexity index is 1360. The van der Waals surface area contributed by atoms with Gasteiger partial charge in [-0.25, -0.2) is 4.98 Å². The standard InChI is InChI=1S/C24H26F3N5O2/c1-13-29-19-16(21(33)32(13)3)7-17(14-4-5-34-18(6-14)15-8-28-31(2)9-15)30-20(19)22-10-23(11-22,12-22)24(25,26)27/h7-9,14,18H,4-6,10-12H2,1-3H3/t14-,18+,22?,23?/m1/s1. The molecule has 0 aromatic carbocycles. The van der Waals surface area contributed by atoms with Crippen LogP contribution in [-0.4, -0.2) is 37.1 Å². The number of alkyl halides is 3. The number of aromatic nitrogens is 5. The smallest absolute Gasteiger partial charge is 0.373 e. The lowest BCUT2D eigenvalue weighted by Crippen LogP contribution is -2.70. The van der Waals surface area contributed by atoms with E-state index in [0.29, 0.717) is 35.4 Å². The summed E-state index contributed by atoms with van der Waals surface area (Å²) in [6, 6.07) is 1.80. The lowest BCUT2D eigenvalue weighted by Gasteiger charge is -2.70. The van der Waals surface area contributed by atoms with Crippen LogP contribution in [0.2, 0.25) is 0 Å². The third kappa shape index (κ3) is 2.93. The van der Waals surface area contributed by atoms with Crippen LogP contribution in [0.25, 0.3) is 10.9 Å². The molecular formula is C24H26F3N5O2. The number of hydrogen-bond acceptors (Lipinski definition) is 5. The van der Waals surface area contributed by atoms with Gasteiger partial charge in [0, 0.05) is 49.5 Å². The average Bonchev–Trinajstić information content (AvgIpc) is 3.16. The molecule has 7 rings (SSSR count).